The molecular weight excluding hydrogens is 278 g/mol. The summed E-state index contributed by atoms with van der Waals surface area (Å²) in [6.45, 7) is 1.92. The Balaban J connectivity index is 2.51. The Morgan fingerprint density at radius 1 is 1.33 bits per heavy atom. The molecular formula is C13H17N3O5. The fraction of sp³-hybridized carbons (Fsp3) is 0.385. The molecule has 0 aliphatic rings. The standard InChI is InChI=1S/C13H17N3O5/c1-9(17)15-12(13(18)21-2)8-14-7-10-3-5-11(6-4-10)16(19)20/h3-6,12,14H,7-8H2,1-2H3,(H,15,17). The van der Waals surface area contributed by atoms with Gasteiger partial charge in [-0.15, -0.1) is 0 Å². The summed E-state index contributed by atoms with van der Waals surface area (Å²) in [6, 6.07) is 5.28. The van der Waals surface area contributed by atoms with Crippen molar-refractivity contribution >= 4 is 17.6 Å². The Morgan fingerprint density at radius 2 is 1.95 bits per heavy atom. The molecule has 0 aliphatic carbocycles. The SMILES string of the molecule is COC(=O)C(CNCc1ccc([N+](=O)[O-])cc1)NC(C)=O. The molecule has 0 heterocycles. The van der Waals surface area contributed by atoms with Crippen LogP contribution in [0.3, 0.4) is 0 Å². The first kappa shape index (κ1) is 16.6. The number of benzene rings is 1. The van der Waals surface area contributed by atoms with E-state index in [1.165, 1.54) is 26.2 Å². The van der Waals surface area contributed by atoms with Crippen LogP contribution < -0.4 is 10.6 Å². The minimum atomic E-state index is -0.773. The quantitative estimate of drug-likeness (QED) is 0.427. The monoisotopic (exact) mass is 295 g/mol. The number of hydrogen-bond donors (Lipinski definition) is 2. The van der Waals surface area contributed by atoms with Gasteiger partial charge in [0.15, 0.2) is 0 Å². The van der Waals surface area contributed by atoms with E-state index in [-0.39, 0.29) is 18.1 Å². The number of nitrogens with one attached hydrogen (secondary N) is 2. The number of amides is 1. The zero-order valence-corrected chi connectivity index (χ0v) is 11.8. The van der Waals surface area contributed by atoms with Crippen molar-refractivity contribution in [1.82, 2.24) is 10.6 Å². The van der Waals surface area contributed by atoms with E-state index >= 15 is 0 Å². The molecule has 0 bridgehead atoms. The van der Waals surface area contributed by atoms with Crippen LogP contribution in [0.4, 0.5) is 5.69 Å². The van der Waals surface area contributed by atoms with Gasteiger partial charge in [0.2, 0.25) is 5.91 Å². The van der Waals surface area contributed by atoms with E-state index in [0.717, 1.165) is 5.56 Å². The number of nitro benzene ring substituents is 1. The van der Waals surface area contributed by atoms with Gasteiger partial charge in [-0.25, -0.2) is 4.79 Å². The van der Waals surface area contributed by atoms with Gasteiger partial charge >= 0.3 is 5.97 Å². The zero-order chi connectivity index (χ0) is 15.8. The summed E-state index contributed by atoms with van der Waals surface area (Å²) in [5, 5.41) is 16.0. The van der Waals surface area contributed by atoms with Crippen molar-refractivity contribution in [3.05, 3.63) is 39.9 Å². The number of nitro groups is 1. The Kier molecular flexibility index (Phi) is 6.28. The van der Waals surface area contributed by atoms with Crippen LogP contribution in [0.15, 0.2) is 24.3 Å². The Bertz CT molecular complexity index is 515. The van der Waals surface area contributed by atoms with E-state index in [0.29, 0.717) is 6.54 Å². The van der Waals surface area contributed by atoms with Crippen LogP contribution in [-0.2, 0) is 20.9 Å². The van der Waals surface area contributed by atoms with Crippen molar-refractivity contribution in [3.63, 3.8) is 0 Å². The fourth-order valence-corrected chi connectivity index (χ4v) is 1.68. The van der Waals surface area contributed by atoms with E-state index in [1.807, 2.05) is 0 Å². The first-order valence-corrected chi connectivity index (χ1v) is 6.23. The van der Waals surface area contributed by atoms with Crippen LogP contribution in [0, 0.1) is 10.1 Å². The van der Waals surface area contributed by atoms with Crippen LogP contribution in [0.5, 0.6) is 0 Å². The number of methoxy groups -OCH3 is 1. The maximum absolute atomic E-state index is 11.5. The Hall–Kier alpha value is -2.48. The molecule has 21 heavy (non-hydrogen) atoms. The minimum absolute atomic E-state index is 0.0180. The molecule has 114 valence electrons. The van der Waals surface area contributed by atoms with Crippen molar-refractivity contribution in [3.8, 4) is 0 Å². The molecule has 0 aromatic heterocycles. The van der Waals surface area contributed by atoms with Crippen LogP contribution in [0.25, 0.3) is 0 Å². The number of nitrogens with zero attached hydrogens (tertiary/aromatic N) is 1. The highest BCUT2D eigenvalue weighted by molar-refractivity contribution is 5.83. The van der Waals surface area contributed by atoms with Gasteiger partial charge in [-0.2, -0.15) is 0 Å². The molecule has 1 aromatic rings. The van der Waals surface area contributed by atoms with Crippen LogP contribution >= 0.6 is 0 Å². The summed E-state index contributed by atoms with van der Waals surface area (Å²) >= 11 is 0. The highest BCUT2D eigenvalue weighted by Gasteiger charge is 2.19. The summed E-state index contributed by atoms with van der Waals surface area (Å²) in [4.78, 5) is 32.5. The third-order valence-corrected chi connectivity index (χ3v) is 2.69. The molecule has 0 spiro atoms. The smallest absolute Gasteiger partial charge is 0.329 e. The van der Waals surface area contributed by atoms with Crippen molar-refractivity contribution < 1.29 is 19.2 Å². The fourth-order valence-electron chi connectivity index (χ4n) is 1.68. The highest BCUT2D eigenvalue weighted by Crippen LogP contribution is 2.11. The molecule has 1 unspecified atom stereocenters. The first-order valence-electron chi connectivity index (χ1n) is 6.23. The summed E-state index contributed by atoms with van der Waals surface area (Å²) < 4.78 is 4.59. The number of ether oxygens (including phenoxy) is 1. The molecule has 2 N–H and O–H groups in total. The van der Waals surface area contributed by atoms with Crippen LogP contribution in [0.1, 0.15) is 12.5 Å². The van der Waals surface area contributed by atoms with Crippen molar-refractivity contribution in [2.75, 3.05) is 13.7 Å². The molecule has 0 aliphatic heterocycles. The van der Waals surface area contributed by atoms with Gasteiger partial charge in [0, 0.05) is 32.1 Å². The number of rotatable bonds is 7. The van der Waals surface area contributed by atoms with E-state index in [9.17, 15) is 19.7 Å². The second-order valence-corrected chi connectivity index (χ2v) is 4.33. The second kappa shape index (κ2) is 7.95. The third kappa shape index (κ3) is 5.57. The molecule has 0 fully saturated rings. The lowest BCUT2D eigenvalue weighted by molar-refractivity contribution is -0.384. The van der Waals surface area contributed by atoms with Crippen LogP contribution in [0.2, 0.25) is 0 Å². The lowest BCUT2D eigenvalue weighted by Crippen LogP contribution is -2.46. The van der Waals surface area contributed by atoms with Crippen LogP contribution in [-0.4, -0.2) is 36.5 Å². The van der Waals surface area contributed by atoms with Gasteiger partial charge in [0.1, 0.15) is 6.04 Å². The molecule has 1 amide bonds. The average Bonchev–Trinajstić information content (AvgIpc) is 2.45. The van der Waals surface area contributed by atoms with E-state index in [2.05, 4.69) is 15.4 Å². The average molecular weight is 295 g/mol. The lowest BCUT2D eigenvalue weighted by atomic mass is 10.2. The normalized spacial score (nSPS) is 11.5. The lowest BCUT2D eigenvalue weighted by Gasteiger charge is -2.16. The van der Waals surface area contributed by atoms with Gasteiger partial charge in [-0.1, -0.05) is 12.1 Å². The highest BCUT2D eigenvalue weighted by atomic mass is 16.6. The Morgan fingerprint density at radius 3 is 2.43 bits per heavy atom. The van der Waals surface area contributed by atoms with Crippen molar-refractivity contribution in [2.45, 2.75) is 19.5 Å². The Labute approximate surface area is 121 Å². The summed E-state index contributed by atoms with van der Waals surface area (Å²) in [7, 11) is 1.24. The predicted octanol–water partition coefficient (Wildman–Crippen LogP) is 0.362. The van der Waals surface area contributed by atoms with Gasteiger partial charge in [0.25, 0.3) is 5.69 Å². The molecule has 0 radical (unpaired) electrons. The predicted molar refractivity (Wildman–Crippen MR) is 74.4 cm³/mol. The van der Waals surface area contributed by atoms with Gasteiger partial charge in [-0.05, 0) is 5.56 Å². The second-order valence-electron chi connectivity index (χ2n) is 4.33. The third-order valence-electron chi connectivity index (χ3n) is 2.69. The maximum atomic E-state index is 11.5. The molecule has 1 aromatic carbocycles. The number of hydrogen-bond acceptors (Lipinski definition) is 6. The molecule has 1 rings (SSSR count). The summed E-state index contributed by atoms with van der Waals surface area (Å²) in [5.41, 5.74) is 0.844. The molecule has 0 saturated heterocycles. The van der Waals surface area contributed by atoms with Gasteiger partial charge in [0.05, 0.1) is 12.0 Å². The molecule has 8 nitrogen and oxygen atoms in total. The van der Waals surface area contributed by atoms with Gasteiger partial charge in [-0.3, -0.25) is 14.9 Å². The number of non-ortho nitro benzene ring substituents is 1. The maximum Gasteiger partial charge on any atom is 0.329 e. The number of esters is 1. The van der Waals surface area contributed by atoms with Gasteiger partial charge < -0.3 is 15.4 Å². The molecule has 1 atom stereocenters. The molecule has 0 saturated carbocycles. The largest absolute Gasteiger partial charge is 0.467 e. The zero-order valence-electron chi connectivity index (χ0n) is 11.8. The topological polar surface area (TPSA) is 111 Å². The number of carbonyl (C=O) groups excluding carboxylic acids is 2. The summed E-state index contributed by atoms with van der Waals surface area (Å²) in [5.74, 6) is -0.871. The van der Waals surface area contributed by atoms with E-state index in [4.69, 9.17) is 0 Å². The minimum Gasteiger partial charge on any atom is -0.467 e. The van der Waals surface area contributed by atoms with E-state index < -0.39 is 16.9 Å². The van der Waals surface area contributed by atoms with E-state index in [1.54, 1.807) is 12.1 Å². The summed E-state index contributed by atoms with van der Waals surface area (Å²) in [6.07, 6.45) is 0. The first-order chi connectivity index (χ1) is 9.93. The molecule has 8 heteroatoms. The van der Waals surface area contributed by atoms with Crippen molar-refractivity contribution in [2.24, 2.45) is 0 Å². The van der Waals surface area contributed by atoms with Crippen molar-refractivity contribution in [1.29, 1.82) is 0 Å². The number of carbonyl (C=O) groups is 2.